The highest BCUT2D eigenvalue weighted by Crippen LogP contribution is 2.30. The number of benzene rings is 1. The van der Waals surface area contributed by atoms with Crippen LogP contribution in [0.3, 0.4) is 0 Å². The van der Waals surface area contributed by atoms with Gasteiger partial charge in [0.1, 0.15) is 5.69 Å². The predicted octanol–water partition coefficient (Wildman–Crippen LogP) is 1.84. The van der Waals surface area contributed by atoms with Gasteiger partial charge in [-0.15, -0.1) is 0 Å². The zero-order chi connectivity index (χ0) is 11.7. The molecular weight excluding hydrogens is 208 g/mol. The lowest BCUT2D eigenvalue weighted by Crippen LogP contribution is -2.39. The summed E-state index contributed by atoms with van der Waals surface area (Å²) in [4.78, 5) is 10.5. The van der Waals surface area contributed by atoms with Crippen LogP contribution in [-0.2, 0) is 0 Å². The fourth-order valence-corrected chi connectivity index (χ4v) is 1.84. The Morgan fingerprint density at radius 2 is 2.19 bits per heavy atom. The van der Waals surface area contributed by atoms with E-state index in [9.17, 15) is 10.1 Å². The van der Waals surface area contributed by atoms with Crippen LogP contribution in [0.1, 0.15) is 18.4 Å². The number of aliphatic hydroxyl groups is 1. The number of nitro benzene ring substituents is 1. The summed E-state index contributed by atoms with van der Waals surface area (Å²) in [6.07, 6.45) is 1.05. The molecule has 0 aromatic heterocycles. The topological polar surface area (TPSA) is 75.4 Å². The van der Waals surface area contributed by atoms with E-state index in [0.29, 0.717) is 18.5 Å². The third-order valence-corrected chi connectivity index (χ3v) is 2.82. The van der Waals surface area contributed by atoms with Crippen molar-refractivity contribution >= 4 is 11.4 Å². The minimum absolute atomic E-state index is 0.0985. The molecule has 0 bridgehead atoms. The zero-order valence-corrected chi connectivity index (χ0v) is 9.01. The molecule has 0 spiro atoms. The van der Waals surface area contributed by atoms with Crippen molar-refractivity contribution in [1.82, 2.24) is 0 Å². The van der Waals surface area contributed by atoms with E-state index in [1.54, 1.807) is 12.1 Å². The van der Waals surface area contributed by atoms with Gasteiger partial charge in [0.05, 0.1) is 11.0 Å². The van der Waals surface area contributed by atoms with Crippen LogP contribution in [-0.4, -0.2) is 22.2 Å². The fourth-order valence-electron chi connectivity index (χ4n) is 1.84. The van der Waals surface area contributed by atoms with Crippen molar-refractivity contribution < 1.29 is 10.0 Å². The average molecular weight is 222 g/mol. The Balaban J connectivity index is 2.16. The molecule has 1 aliphatic carbocycles. The van der Waals surface area contributed by atoms with E-state index in [2.05, 4.69) is 5.32 Å². The summed E-state index contributed by atoms with van der Waals surface area (Å²) in [6.45, 7) is 1.82. The van der Waals surface area contributed by atoms with Gasteiger partial charge in [-0.3, -0.25) is 10.1 Å². The number of anilines is 1. The van der Waals surface area contributed by atoms with Crippen LogP contribution in [0, 0.1) is 17.0 Å². The van der Waals surface area contributed by atoms with Gasteiger partial charge in [0.15, 0.2) is 0 Å². The van der Waals surface area contributed by atoms with E-state index >= 15 is 0 Å². The van der Waals surface area contributed by atoms with Gasteiger partial charge in [0.25, 0.3) is 5.69 Å². The van der Waals surface area contributed by atoms with Crippen molar-refractivity contribution in [3.05, 3.63) is 33.9 Å². The van der Waals surface area contributed by atoms with Crippen LogP contribution in [0.5, 0.6) is 0 Å². The zero-order valence-electron chi connectivity index (χ0n) is 9.01. The van der Waals surface area contributed by atoms with E-state index in [4.69, 9.17) is 5.11 Å². The lowest BCUT2D eigenvalue weighted by Gasteiger charge is -2.32. The molecule has 1 aliphatic rings. The monoisotopic (exact) mass is 222 g/mol. The van der Waals surface area contributed by atoms with Crippen LogP contribution in [0.4, 0.5) is 11.4 Å². The first kappa shape index (κ1) is 10.9. The normalized spacial score (nSPS) is 23.6. The molecule has 0 heterocycles. The van der Waals surface area contributed by atoms with Gasteiger partial charge in [-0.25, -0.2) is 0 Å². The van der Waals surface area contributed by atoms with Gasteiger partial charge >= 0.3 is 0 Å². The van der Waals surface area contributed by atoms with E-state index < -0.39 is 0 Å². The smallest absolute Gasteiger partial charge is 0.292 e. The molecule has 1 aromatic carbocycles. The second-order valence-electron chi connectivity index (χ2n) is 4.24. The summed E-state index contributed by atoms with van der Waals surface area (Å²) in [5.41, 5.74) is 1.50. The Morgan fingerprint density at radius 3 is 2.75 bits per heavy atom. The minimum atomic E-state index is -0.384. The molecule has 0 unspecified atom stereocenters. The van der Waals surface area contributed by atoms with Gasteiger partial charge in [0.2, 0.25) is 0 Å². The summed E-state index contributed by atoms with van der Waals surface area (Å²) in [6, 6.07) is 5.26. The standard InChI is InChI=1S/C11H14N2O3/c1-7-2-3-10(11(4-7)13(15)16)12-8-5-9(14)6-8/h2-4,8-9,12,14H,5-6H2,1H3. The largest absolute Gasteiger partial charge is 0.393 e. The number of aryl methyl sites for hydroxylation is 1. The number of hydrogen-bond donors (Lipinski definition) is 2. The Labute approximate surface area is 93.2 Å². The molecule has 5 nitrogen and oxygen atoms in total. The first-order valence-electron chi connectivity index (χ1n) is 5.26. The first-order chi connectivity index (χ1) is 7.56. The molecule has 86 valence electrons. The van der Waals surface area contributed by atoms with Gasteiger partial charge in [-0.05, 0) is 31.4 Å². The molecule has 1 aromatic rings. The number of rotatable bonds is 3. The average Bonchev–Trinajstić information content (AvgIpc) is 2.17. The molecule has 0 amide bonds. The maximum Gasteiger partial charge on any atom is 0.292 e. The van der Waals surface area contributed by atoms with Gasteiger partial charge < -0.3 is 10.4 Å². The van der Waals surface area contributed by atoms with Crippen LogP contribution in [0.2, 0.25) is 0 Å². The van der Waals surface area contributed by atoms with Crippen LogP contribution >= 0.6 is 0 Å². The van der Waals surface area contributed by atoms with Crippen molar-refractivity contribution in [1.29, 1.82) is 0 Å². The molecule has 2 rings (SSSR count). The van der Waals surface area contributed by atoms with Crippen LogP contribution < -0.4 is 5.32 Å². The third-order valence-electron chi connectivity index (χ3n) is 2.82. The van der Waals surface area contributed by atoms with Gasteiger partial charge in [-0.2, -0.15) is 0 Å². The molecule has 0 radical (unpaired) electrons. The number of aliphatic hydroxyl groups excluding tert-OH is 1. The molecular formula is C11H14N2O3. The summed E-state index contributed by atoms with van der Waals surface area (Å²) < 4.78 is 0. The number of hydrogen-bond acceptors (Lipinski definition) is 4. The molecule has 5 heteroatoms. The highest BCUT2D eigenvalue weighted by Gasteiger charge is 2.28. The number of nitrogens with one attached hydrogen (secondary N) is 1. The van der Waals surface area contributed by atoms with E-state index in [0.717, 1.165) is 5.56 Å². The van der Waals surface area contributed by atoms with E-state index in [1.165, 1.54) is 0 Å². The van der Waals surface area contributed by atoms with Gasteiger partial charge in [0, 0.05) is 12.1 Å². The fraction of sp³-hybridized carbons (Fsp3) is 0.455. The number of nitro groups is 1. The highest BCUT2D eigenvalue weighted by atomic mass is 16.6. The molecule has 2 N–H and O–H groups in total. The van der Waals surface area contributed by atoms with Crippen molar-refractivity contribution in [3.8, 4) is 0 Å². The molecule has 0 atom stereocenters. The highest BCUT2D eigenvalue weighted by molar-refractivity contribution is 5.63. The van der Waals surface area contributed by atoms with Crippen molar-refractivity contribution in [3.63, 3.8) is 0 Å². The van der Waals surface area contributed by atoms with Crippen LogP contribution in [0.15, 0.2) is 18.2 Å². The lowest BCUT2D eigenvalue weighted by molar-refractivity contribution is -0.384. The lowest BCUT2D eigenvalue weighted by atomic mass is 9.89. The Morgan fingerprint density at radius 1 is 1.50 bits per heavy atom. The summed E-state index contributed by atoms with van der Waals surface area (Å²) in [7, 11) is 0. The van der Waals surface area contributed by atoms with Crippen molar-refractivity contribution in [2.24, 2.45) is 0 Å². The summed E-state index contributed by atoms with van der Waals surface area (Å²) in [5, 5.41) is 23.1. The number of nitrogens with zero attached hydrogens (tertiary/aromatic N) is 1. The Hall–Kier alpha value is -1.62. The molecule has 1 saturated carbocycles. The minimum Gasteiger partial charge on any atom is -0.393 e. The van der Waals surface area contributed by atoms with E-state index in [-0.39, 0.29) is 22.8 Å². The molecule has 1 fully saturated rings. The van der Waals surface area contributed by atoms with Crippen molar-refractivity contribution in [2.45, 2.75) is 31.9 Å². The molecule has 0 aliphatic heterocycles. The first-order valence-corrected chi connectivity index (χ1v) is 5.26. The third kappa shape index (κ3) is 2.14. The quantitative estimate of drug-likeness (QED) is 0.604. The van der Waals surface area contributed by atoms with Crippen molar-refractivity contribution in [2.75, 3.05) is 5.32 Å². The predicted molar refractivity (Wildman–Crippen MR) is 60.5 cm³/mol. The van der Waals surface area contributed by atoms with Gasteiger partial charge in [-0.1, -0.05) is 6.07 Å². The maximum absolute atomic E-state index is 10.8. The Bertz CT molecular complexity index is 414. The summed E-state index contributed by atoms with van der Waals surface area (Å²) in [5.74, 6) is 0. The van der Waals surface area contributed by atoms with Crippen LogP contribution in [0.25, 0.3) is 0 Å². The second kappa shape index (κ2) is 4.09. The maximum atomic E-state index is 10.8. The SMILES string of the molecule is Cc1ccc(NC2CC(O)C2)c([N+](=O)[O-])c1. The Kier molecular flexibility index (Phi) is 2.78. The van der Waals surface area contributed by atoms with E-state index in [1.807, 2.05) is 13.0 Å². The summed E-state index contributed by atoms with van der Waals surface area (Å²) >= 11 is 0. The molecule has 0 saturated heterocycles. The molecule has 16 heavy (non-hydrogen) atoms. The second-order valence-corrected chi connectivity index (χ2v) is 4.24.